The molecular formula is C5H9B. The van der Waals surface area contributed by atoms with Gasteiger partial charge in [-0.3, -0.25) is 0 Å². The highest BCUT2D eigenvalue weighted by Crippen LogP contribution is 1.89. The Balaban J connectivity index is 3.03. The van der Waals surface area contributed by atoms with Crippen molar-refractivity contribution in [3.8, 4) is 0 Å². The topological polar surface area (TPSA) is 0 Å². The smallest absolute Gasteiger partial charge is 0.102 e. The molecule has 0 amide bonds. The van der Waals surface area contributed by atoms with Gasteiger partial charge < -0.3 is 0 Å². The molecule has 0 aliphatic rings. The van der Waals surface area contributed by atoms with E-state index in [2.05, 4.69) is 13.8 Å². The summed E-state index contributed by atoms with van der Waals surface area (Å²) in [6.45, 7) is 4.17. The van der Waals surface area contributed by atoms with Gasteiger partial charge >= 0.3 is 0 Å². The first-order chi connectivity index (χ1) is 2.77. The van der Waals surface area contributed by atoms with E-state index in [0.717, 1.165) is 0 Å². The van der Waals surface area contributed by atoms with Crippen molar-refractivity contribution >= 4 is 7.85 Å². The van der Waals surface area contributed by atoms with Crippen LogP contribution in [0.15, 0.2) is 12.1 Å². The first kappa shape index (κ1) is 5.80. The first-order valence-corrected chi connectivity index (χ1v) is 2.15. The fourth-order valence-electron chi connectivity index (χ4n) is 0.222. The lowest BCUT2D eigenvalue weighted by Crippen LogP contribution is -1.74. The summed E-state index contributed by atoms with van der Waals surface area (Å²) in [6.07, 6.45) is 1.94. The molecule has 0 rings (SSSR count). The van der Waals surface area contributed by atoms with Gasteiger partial charge in [-0.25, -0.2) is 0 Å². The molecule has 0 aliphatic carbocycles. The number of allylic oxidation sites excluding steroid dienone is 1. The summed E-state index contributed by atoms with van der Waals surface area (Å²) in [5.41, 5.74) is 0. The molecule has 0 saturated carbocycles. The van der Waals surface area contributed by atoms with Crippen LogP contribution in [0.3, 0.4) is 0 Å². The van der Waals surface area contributed by atoms with Crippen molar-refractivity contribution in [2.75, 3.05) is 0 Å². The lowest BCUT2D eigenvalue weighted by atomic mass is 10.1. The molecule has 0 nitrogen and oxygen atoms in total. The SMILES string of the molecule is [B]/C=C/C(C)C. The molecule has 1 heteroatoms. The number of hydrogen-bond acceptors (Lipinski definition) is 0. The third kappa shape index (κ3) is 3.80. The van der Waals surface area contributed by atoms with Crippen molar-refractivity contribution in [1.29, 1.82) is 0 Å². The molecule has 6 heavy (non-hydrogen) atoms. The summed E-state index contributed by atoms with van der Waals surface area (Å²) >= 11 is 0. The minimum absolute atomic E-state index is 0.593. The molecule has 0 aromatic rings. The summed E-state index contributed by atoms with van der Waals surface area (Å²) in [7, 11) is 5.05. The van der Waals surface area contributed by atoms with Crippen molar-refractivity contribution in [2.24, 2.45) is 5.92 Å². The van der Waals surface area contributed by atoms with Gasteiger partial charge in [-0.2, -0.15) is 0 Å². The molecule has 0 fully saturated rings. The fourth-order valence-corrected chi connectivity index (χ4v) is 0.222. The maximum absolute atomic E-state index is 5.05. The highest BCUT2D eigenvalue weighted by Gasteiger charge is 1.76. The third-order valence-electron chi connectivity index (χ3n) is 0.496. The van der Waals surface area contributed by atoms with Crippen molar-refractivity contribution in [3.05, 3.63) is 12.1 Å². The lowest BCUT2D eigenvalue weighted by Gasteiger charge is -1.87. The van der Waals surface area contributed by atoms with Crippen LogP contribution in [0.4, 0.5) is 0 Å². The van der Waals surface area contributed by atoms with Crippen LogP contribution in [-0.2, 0) is 0 Å². The zero-order valence-corrected chi connectivity index (χ0v) is 4.31. The van der Waals surface area contributed by atoms with Gasteiger partial charge in [0.15, 0.2) is 0 Å². The van der Waals surface area contributed by atoms with Gasteiger partial charge in [0.05, 0.1) is 0 Å². The van der Waals surface area contributed by atoms with Crippen LogP contribution < -0.4 is 0 Å². The first-order valence-electron chi connectivity index (χ1n) is 2.15. The van der Waals surface area contributed by atoms with E-state index in [1.807, 2.05) is 6.08 Å². The molecule has 2 radical (unpaired) electrons. The van der Waals surface area contributed by atoms with Crippen LogP contribution in [0, 0.1) is 5.92 Å². The zero-order valence-electron chi connectivity index (χ0n) is 4.31. The molecule has 0 bridgehead atoms. The van der Waals surface area contributed by atoms with Gasteiger partial charge in [0.2, 0.25) is 0 Å². The highest BCUT2D eigenvalue weighted by atomic mass is 13.8. The molecule has 0 heterocycles. The lowest BCUT2D eigenvalue weighted by molar-refractivity contribution is 0.833. The maximum atomic E-state index is 5.05. The average Bonchev–Trinajstić information content (AvgIpc) is 1.35. The zero-order chi connectivity index (χ0) is 4.99. The second kappa shape index (κ2) is 3.01. The predicted molar refractivity (Wildman–Crippen MR) is 29.7 cm³/mol. The molecule has 0 aromatic carbocycles. The second-order valence-corrected chi connectivity index (χ2v) is 1.63. The minimum Gasteiger partial charge on any atom is -0.135 e. The predicted octanol–water partition coefficient (Wildman–Crippen LogP) is 1.32. The van der Waals surface area contributed by atoms with Gasteiger partial charge in [-0.05, 0) is 5.92 Å². The largest absolute Gasteiger partial charge is 0.135 e. The molecule has 0 aliphatic heterocycles. The molecule has 0 spiro atoms. The molecular weight excluding hydrogens is 70.9 g/mol. The summed E-state index contributed by atoms with van der Waals surface area (Å²) in [4.78, 5) is 0. The Morgan fingerprint density at radius 3 is 2.00 bits per heavy atom. The number of rotatable bonds is 1. The van der Waals surface area contributed by atoms with E-state index in [1.165, 1.54) is 0 Å². The van der Waals surface area contributed by atoms with Crippen LogP contribution in [0.1, 0.15) is 13.8 Å². The van der Waals surface area contributed by atoms with E-state index >= 15 is 0 Å². The van der Waals surface area contributed by atoms with Gasteiger partial charge in [-0.1, -0.05) is 19.9 Å². The van der Waals surface area contributed by atoms with Gasteiger partial charge in [0, 0.05) is 0 Å². The van der Waals surface area contributed by atoms with E-state index in [1.54, 1.807) is 5.98 Å². The molecule has 0 saturated heterocycles. The molecule has 0 N–H and O–H groups in total. The summed E-state index contributed by atoms with van der Waals surface area (Å²) < 4.78 is 0. The summed E-state index contributed by atoms with van der Waals surface area (Å²) in [6, 6.07) is 0. The third-order valence-corrected chi connectivity index (χ3v) is 0.496. The Hall–Kier alpha value is -0.195. The maximum Gasteiger partial charge on any atom is 0.102 e. The van der Waals surface area contributed by atoms with Crippen molar-refractivity contribution in [2.45, 2.75) is 13.8 Å². The van der Waals surface area contributed by atoms with E-state index < -0.39 is 0 Å². The Kier molecular flexibility index (Phi) is 2.92. The Labute approximate surface area is 40.7 Å². The number of hydrogen-bond donors (Lipinski definition) is 0. The fraction of sp³-hybridized carbons (Fsp3) is 0.600. The van der Waals surface area contributed by atoms with E-state index in [0.29, 0.717) is 5.92 Å². The van der Waals surface area contributed by atoms with Crippen LogP contribution in [0.2, 0.25) is 0 Å². The molecule has 0 aromatic heterocycles. The standard InChI is InChI=1S/C5H9B/c1-5(2)3-4-6/h3-5H,1-2H3/b4-3+. The highest BCUT2D eigenvalue weighted by molar-refractivity contribution is 6.16. The molecule has 0 atom stereocenters. The van der Waals surface area contributed by atoms with E-state index in [-0.39, 0.29) is 0 Å². The van der Waals surface area contributed by atoms with E-state index in [9.17, 15) is 0 Å². The molecule has 0 unspecified atom stereocenters. The van der Waals surface area contributed by atoms with Crippen molar-refractivity contribution in [1.82, 2.24) is 0 Å². The van der Waals surface area contributed by atoms with Gasteiger partial charge in [0.25, 0.3) is 0 Å². The monoisotopic (exact) mass is 80.1 g/mol. The Bertz CT molecular complexity index is 45.9. The summed E-state index contributed by atoms with van der Waals surface area (Å²) in [5.74, 6) is 2.17. The Morgan fingerprint density at radius 1 is 1.50 bits per heavy atom. The average molecular weight is 79.9 g/mol. The van der Waals surface area contributed by atoms with Crippen LogP contribution in [-0.4, -0.2) is 7.85 Å². The van der Waals surface area contributed by atoms with Crippen LogP contribution in [0.5, 0.6) is 0 Å². The molecule has 32 valence electrons. The summed E-state index contributed by atoms with van der Waals surface area (Å²) in [5, 5.41) is 0. The van der Waals surface area contributed by atoms with Crippen molar-refractivity contribution < 1.29 is 0 Å². The van der Waals surface area contributed by atoms with E-state index in [4.69, 9.17) is 7.85 Å². The van der Waals surface area contributed by atoms with Crippen LogP contribution in [0.25, 0.3) is 0 Å². The minimum atomic E-state index is 0.593. The second-order valence-electron chi connectivity index (χ2n) is 1.63. The Morgan fingerprint density at radius 2 is 2.00 bits per heavy atom. The van der Waals surface area contributed by atoms with Gasteiger partial charge in [0.1, 0.15) is 7.85 Å². The normalized spacial score (nSPS) is 11.2. The van der Waals surface area contributed by atoms with Crippen LogP contribution >= 0.6 is 0 Å². The van der Waals surface area contributed by atoms with Crippen molar-refractivity contribution in [3.63, 3.8) is 0 Å². The van der Waals surface area contributed by atoms with Gasteiger partial charge in [-0.15, -0.1) is 5.98 Å². The quantitative estimate of drug-likeness (QED) is 0.416.